The number of alkyl halides is 3. The SMILES string of the molecule is CCOC(=O)c1cc(-c2cc(OC)c(F)cc2C(F)(F)F)on1. The van der Waals surface area contributed by atoms with Crippen molar-refractivity contribution in [2.75, 3.05) is 13.7 Å². The van der Waals surface area contributed by atoms with Crippen LogP contribution in [-0.4, -0.2) is 24.8 Å². The zero-order valence-electron chi connectivity index (χ0n) is 12.0. The Kier molecular flexibility index (Phi) is 4.57. The minimum absolute atomic E-state index is 0.0686. The average Bonchev–Trinajstić information content (AvgIpc) is 2.96. The lowest BCUT2D eigenvalue weighted by atomic mass is 10.0. The van der Waals surface area contributed by atoms with Gasteiger partial charge in [0, 0.05) is 11.6 Å². The molecule has 23 heavy (non-hydrogen) atoms. The third-order valence-electron chi connectivity index (χ3n) is 2.86. The minimum Gasteiger partial charge on any atom is -0.494 e. The Morgan fingerprint density at radius 2 is 2.00 bits per heavy atom. The molecule has 0 aliphatic rings. The molecule has 0 amide bonds. The first-order chi connectivity index (χ1) is 10.8. The van der Waals surface area contributed by atoms with E-state index in [0.717, 1.165) is 19.2 Å². The summed E-state index contributed by atoms with van der Waals surface area (Å²) < 4.78 is 66.9. The minimum atomic E-state index is -4.83. The second-order valence-corrected chi connectivity index (χ2v) is 4.33. The summed E-state index contributed by atoms with van der Waals surface area (Å²) in [7, 11) is 1.11. The van der Waals surface area contributed by atoms with Gasteiger partial charge in [-0.05, 0) is 19.1 Å². The lowest BCUT2D eigenvalue weighted by molar-refractivity contribution is -0.137. The first-order valence-electron chi connectivity index (χ1n) is 6.36. The van der Waals surface area contributed by atoms with Gasteiger partial charge in [0.05, 0.1) is 19.3 Å². The van der Waals surface area contributed by atoms with Crippen LogP contribution in [0.5, 0.6) is 5.75 Å². The Morgan fingerprint density at radius 1 is 1.30 bits per heavy atom. The molecule has 2 rings (SSSR count). The molecule has 0 N–H and O–H groups in total. The van der Waals surface area contributed by atoms with Crippen molar-refractivity contribution in [2.24, 2.45) is 0 Å². The predicted molar refractivity (Wildman–Crippen MR) is 69.4 cm³/mol. The van der Waals surface area contributed by atoms with Crippen LogP contribution in [0.15, 0.2) is 22.7 Å². The van der Waals surface area contributed by atoms with E-state index in [0.29, 0.717) is 6.07 Å². The number of carbonyl (C=O) groups is 1. The molecule has 9 heteroatoms. The van der Waals surface area contributed by atoms with Gasteiger partial charge in [-0.15, -0.1) is 0 Å². The highest BCUT2D eigenvalue weighted by molar-refractivity contribution is 5.88. The number of esters is 1. The Balaban J connectivity index is 2.55. The number of rotatable bonds is 4. The van der Waals surface area contributed by atoms with Crippen molar-refractivity contribution < 1.29 is 36.4 Å². The molecule has 0 fully saturated rings. The molecular weight excluding hydrogens is 322 g/mol. The van der Waals surface area contributed by atoms with Crippen LogP contribution in [0.1, 0.15) is 23.0 Å². The maximum absolute atomic E-state index is 13.6. The van der Waals surface area contributed by atoms with Crippen LogP contribution in [0.3, 0.4) is 0 Å². The van der Waals surface area contributed by atoms with Crippen LogP contribution in [-0.2, 0) is 10.9 Å². The summed E-state index contributed by atoms with van der Waals surface area (Å²) in [6, 6.07) is 2.11. The molecule has 5 nitrogen and oxygen atoms in total. The molecule has 1 aromatic heterocycles. The molecule has 0 unspecified atom stereocenters. The summed E-state index contributed by atoms with van der Waals surface area (Å²) in [4.78, 5) is 11.5. The second kappa shape index (κ2) is 6.27. The molecule has 0 saturated carbocycles. The third kappa shape index (κ3) is 3.43. The zero-order chi connectivity index (χ0) is 17.2. The Hall–Kier alpha value is -2.58. The van der Waals surface area contributed by atoms with Crippen molar-refractivity contribution in [1.82, 2.24) is 5.16 Å². The van der Waals surface area contributed by atoms with Gasteiger partial charge in [-0.3, -0.25) is 0 Å². The van der Waals surface area contributed by atoms with Crippen LogP contribution in [0.2, 0.25) is 0 Å². The Labute approximate surface area is 127 Å². The van der Waals surface area contributed by atoms with Gasteiger partial charge in [0.25, 0.3) is 0 Å². The van der Waals surface area contributed by atoms with Crippen LogP contribution in [0.25, 0.3) is 11.3 Å². The van der Waals surface area contributed by atoms with Gasteiger partial charge in [-0.1, -0.05) is 5.16 Å². The quantitative estimate of drug-likeness (QED) is 0.631. The molecular formula is C14H11F4NO4. The topological polar surface area (TPSA) is 61.6 Å². The lowest BCUT2D eigenvalue weighted by Gasteiger charge is -2.13. The normalized spacial score (nSPS) is 11.4. The van der Waals surface area contributed by atoms with Crippen molar-refractivity contribution in [2.45, 2.75) is 13.1 Å². The van der Waals surface area contributed by atoms with Crippen LogP contribution < -0.4 is 4.74 Å². The molecule has 0 bridgehead atoms. The highest BCUT2D eigenvalue weighted by atomic mass is 19.4. The fourth-order valence-electron chi connectivity index (χ4n) is 1.85. The summed E-state index contributed by atoms with van der Waals surface area (Å²) in [5.41, 5.74) is -2.07. The number of hydrogen-bond acceptors (Lipinski definition) is 5. The van der Waals surface area contributed by atoms with Gasteiger partial charge >= 0.3 is 12.1 Å². The third-order valence-corrected chi connectivity index (χ3v) is 2.86. The molecule has 1 aromatic carbocycles. The molecule has 124 valence electrons. The number of hydrogen-bond donors (Lipinski definition) is 0. The fraction of sp³-hybridized carbons (Fsp3) is 0.286. The van der Waals surface area contributed by atoms with E-state index in [2.05, 4.69) is 14.6 Å². The van der Waals surface area contributed by atoms with E-state index in [1.54, 1.807) is 6.92 Å². The van der Waals surface area contributed by atoms with E-state index in [-0.39, 0.29) is 18.1 Å². The van der Waals surface area contributed by atoms with E-state index < -0.39 is 34.8 Å². The van der Waals surface area contributed by atoms with Gasteiger partial charge in [-0.25, -0.2) is 9.18 Å². The van der Waals surface area contributed by atoms with E-state index >= 15 is 0 Å². The summed E-state index contributed by atoms with van der Waals surface area (Å²) in [6.07, 6.45) is -4.83. The van der Waals surface area contributed by atoms with Crippen molar-refractivity contribution >= 4 is 5.97 Å². The number of carbonyl (C=O) groups excluding carboxylic acids is 1. The monoisotopic (exact) mass is 333 g/mol. The van der Waals surface area contributed by atoms with Crippen molar-refractivity contribution in [3.63, 3.8) is 0 Å². The number of aromatic nitrogens is 1. The molecule has 1 heterocycles. The lowest BCUT2D eigenvalue weighted by Crippen LogP contribution is -2.08. The molecule has 0 atom stereocenters. The average molecular weight is 333 g/mol. The maximum atomic E-state index is 13.6. The molecule has 0 aliphatic heterocycles. The summed E-state index contributed by atoms with van der Waals surface area (Å²) in [5, 5.41) is 3.36. The smallest absolute Gasteiger partial charge is 0.417 e. The Morgan fingerprint density at radius 3 is 2.57 bits per heavy atom. The maximum Gasteiger partial charge on any atom is 0.417 e. The molecule has 2 aromatic rings. The van der Waals surface area contributed by atoms with E-state index in [4.69, 9.17) is 4.52 Å². The first kappa shape index (κ1) is 16.8. The number of nitrogens with zero attached hydrogens (tertiary/aromatic N) is 1. The van der Waals surface area contributed by atoms with Crippen LogP contribution >= 0.6 is 0 Å². The molecule has 0 radical (unpaired) electrons. The second-order valence-electron chi connectivity index (χ2n) is 4.33. The van der Waals surface area contributed by atoms with Crippen molar-refractivity contribution in [3.05, 3.63) is 35.3 Å². The van der Waals surface area contributed by atoms with Crippen molar-refractivity contribution in [1.29, 1.82) is 0 Å². The van der Waals surface area contributed by atoms with Gasteiger partial charge in [0.2, 0.25) is 0 Å². The number of ether oxygens (including phenoxy) is 2. The molecule has 0 aliphatic carbocycles. The van der Waals surface area contributed by atoms with Gasteiger partial charge < -0.3 is 14.0 Å². The van der Waals surface area contributed by atoms with Crippen LogP contribution in [0, 0.1) is 5.82 Å². The zero-order valence-corrected chi connectivity index (χ0v) is 12.0. The fourth-order valence-corrected chi connectivity index (χ4v) is 1.85. The van der Waals surface area contributed by atoms with Gasteiger partial charge in [0.15, 0.2) is 23.0 Å². The molecule has 0 spiro atoms. The summed E-state index contributed by atoms with van der Waals surface area (Å²) in [6.45, 7) is 1.63. The highest BCUT2D eigenvalue weighted by Crippen LogP contribution is 2.40. The summed E-state index contributed by atoms with van der Waals surface area (Å²) >= 11 is 0. The largest absolute Gasteiger partial charge is 0.494 e. The van der Waals surface area contributed by atoms with Gasteiger partial charge in [-0.2, -0.15) is 13.2 Å². The van der Waals surface area contributed by atoms with Gasteiger partial charge in [0.1, 0.15) is 0 Å². The van der Waals surface area contributed by atoms with E-state index in [9.17, 15) is 22.4 Å². The van der Waals surface area contributed by atoms with E-state index in [1.807, 2.05) is 0 Å². The number of methoxy groups -OCH3 is 1. The first-order valence-corrected chi connectivity index (χ1v) is 6.36. The number of benzene rings is 1. The van der Waals surface area contributed by atoms with Crippen LogP contribution in [0.4, 0.5) is 17.6 Å². The highest BCUT2D eigenvalue weighted by Gasteiger charge is 2.36. The molecule has 0 saturated heterocycles. The standard InChI is InChI=1S/C14H11F4NO4/c1-3-22-13(20)10-6-11(23-19-10)7-4-12(21-2)9(15)5-8(7)14(16,17)18/h4-6H,3H2,1-2H3. The summed E-state index contributed by atoms with van der Waals surface area (Å²) in [5.74, 6) is -2.78. The van der Waals surface area contributed by atoms with Crippen molar-refractivity contribution in [3.8, 4) is 17.1 Å². The van der Waals surface area contributed by atoms with E-state index in [1.165, 1.54) is 0 Å². The predicted octanol–water partition coefficient (Wildman–Crippen LogP) is 3.68. The number of halogens is 4. The Bertz CT molecular complexity index is 724.